The van der Waals surface area contributed by atoms with Crippen LogP contribution in [0.15, 0.2) is 29.4 Å². The van der Waals surface area contributed by atoms with E-state index in [0.717, 1.165) is 0 Å². The number of rotatable bonds is 2. The molecule has 14 heavy (non-hydrogen) atoms. The molecule has 75 valence electrons. The van der Waals surface area contributed by atoms with E-state index in [1.54, 1.807) is 12.1 Å². The molecule has 1 aromatic carbocycles. The summed E-state index contributed by atoms with van der Waals surface area (Å²) in [5.74, 6) is -0.271. The zero-order chi connectivity index (χ0) is 10.6. The van der Waals surface area contributed by atoms with E-state index in [-0.39, 0.29) is 11.4 Å². The summed E-state index contributed by atoms with van der Waals surface area (Å²) in [7, 11) is 0. The van der Waals surface area contributed by atoms with Crippen molar-refractivity contribution in [1.29, 1.82) is 0 Å². The molecule has 0 saturated heterocycles. The van der Waals surface area contributed by atoms with Gasteiger partial charge >= 0.3 is 0 Å². The number of halogens is 1. The van der Waals surface area contributed by atoms with E-state index < -0.39 is 0 Å². The first-order valence-corrected chi connectivity index (χ1v) is 4.37. The molecule has 0 unspecified atom stereocenters. The summed E-state index contributed by atoms with van der Waals surface area (Å²) in [6.45, 7) is 5.68. The maximum absolute atomic E-state index is 12.5. The minimum Gasteiger partial charge on any atom is -0.390 e. The van der Waals surface area contributed by atoms with E-state index in [2.05, 4.69) is 11.4 Å². The monoisotopic (exact) mass is 194 g/mol. The smallest absolute Gasteiger partial charge is 0.139 e. The van der Waals surface area contributed by atoms with E-state index >= 15 is 0 Å². The first-order chi connectivity index (χ1) is 6.47. The molecule has 0 aliphatic carbocycles. The molecule has 0 saturated carbocycles. The average Bonchev–Trinajstić information content (AvgIpc) is 2.06. The molecule has 0 fully saturated rings. The van der Waals surface area contributed by atoms with Crippen LogP contribution in [-0.4, -0.2) is 11.8 Å². The minimum atomic E-state index is -0.326. The van der Waals surface area contributed by atoms with Crippen molar-refractivity contribution in [3.05, 3.63) is 35.6 Å². The van der Waals surface area contributed by atoms with Crippen LogP contribution in [0.4, 0.5) is 4.39 Å². The van der Waals surface area contributed by atoms with Gasteiger partial charge in [-0.2, -0.15) is 0 Å². The van der Waals surface area contributed by atoms with Crippen LogP contribution in [-0.2, 0) is 4.84 Å². The maximum Gasteiger partial charge on any atom is 0.139 e. The van der Waals surface area contributed by atoms with E-state index in [9.17, 15) is 4.39 Å². The van der Waals surface area contributed by atoms with Gasteiger partial charge in [-0.3, -0.25) is 0 Å². The third-order valence-electron chi connectivity index (χ3n) is 1.34. The number of hydrogen-bond acceptors (Lipinski definition) is 2. The zero-order valence-electron chi connectivity index (χ0n) is 8.54. The summed E-state index contributed by atoms with van der Waals surface area (Å²) in [6.07, 6.45) is 2.66. The van der Waals surface area contributed by atoms with E-state index in [1.165, 1.54) is 12.1 Å². The Kier molecular flexibility index (Phi) is 3.23. The second-order valence-corrected chi connectivity index (χ2v) is 3.91. The van der Waals surface area contributed by atoms with E-state index in [1.807, 2.05) is 20.8 Å². The molecule has 0 heterocycles. The normalized spacial score (nSPS) is 12.0. The fraction of sp³-hybridized carbons (Fsp3) is 0.364. The Hall–Kier alpha value is -1.38. The van der Waals surface area contributed by atoms with Gasteiger partial charge in [0.2, 0.25) is 0 Å². The van der Waals surface area contributed by atoms with Gasteiger partial charge in [0, 0.05) is 5.56 Å². The lowest BCUT2D eigenvalue weighted by Crippen LogP contribution is -2.15. The lowest BCUT2D eigenvalue weighted by molar-refractivity contribution is 0.00199. The molecule has 0 N–H and O–H groups in total. The van der Waals surface area contributed by atoms with Gasteiger partial charge in [-0.25, -0.2) is 4.39 Å². The molecule has 2 nitrogen and oxygen atoms in total. The fourth-order valence-corrected chi connectivity index (χ4v) is 0.737. The Labute approximate surface area is 83.4 Å². The number of benzene rings is 1. The highest BCUT2D eigenvalue weighted by Gasteiger charge is 2.09. The predicted octanol–water partition coefficient (Wildman–Crippen LogP) is 2.85. The van der Waals surface area contributed by atoms with Crippen LogP contribution in [0.25, 0.3) is 0 Å². The summed E-state index contributed by atoms with van der Waals surface area (Å²) in [6, 6.07) is 5.89. The molecule has 1 rings (SSSR count). The number of nitrogens with zero attached hydrogens (tertiary/aromatic N) is 1. The van der Waals surface area contributed by atoms with Crippen LogP contribution < -0.4 is 0 Å². The molecule has 0 bridgehead atoms. The Morgan fingerprint density at radius 2 is 1.79 bits per heavy atom. The molecular formula is C11H13FNO. The largest absolute Gasteiger partial charge is 0.390 e. The van der Waals surface area contributed by atoms with E-state index in [0.29, 0.717) is 5.56 Å². The Balaban J connectivity index is 2.57. The molecule has 0 aliphatic heterocycles. The Morgan fingerprint density at radius 1 is 1.21 bits per heavy atom. The Morgan fingerprint density at radius 3 is 2.29 bits per heavy atom. The van der Waals surface area contributed by atoms with Crippen LogP contribution >= 0.6 is 0 Å². The van der Waals surface area contributed by atoms with Gasteiger partial charge in [0.05, 0.1) is 0 Å². The van der Waals surface area contributed by atoms with Crippen LogP contribution in [0, 0.1) is 5.82 Å². The van der Waals surface area contributed by atoms with Crippen molar-refractivity contribution in [2.24, 2.45) is 5.16 Å². The summed E-state index contributed by atoms with van der Waals surface area (Å²) in [5.41, 5.74) is 0.364. The van der Waals surface area contributed by atoms with Crippen molar-refractivity contribution in [3.63, 3.8) is 0 Å². The second kappa shape index (κ2) is 4.22. The first kappa shape index (κ1) is 10.7. The van der Waals surface area contributed by atoms with Gasteiger partial charge in [0.1, 0.15) is 17.6 Å². The molecule has 1 radical (unpaired) electrons. The highest BCUT2D eigenvalue weighted by Crippen LogP contribution is 2.07. The van der Waals surface area contributed by atoms with Crippen molar-refractivity contribution in [2.45, 2.75) is 26.4 Å². The summed E-state index contributed by atoms with van der Waals surface area (Å²) < 4.78 is 12.5. The molecule has 0 spiro atoms. The molecule has 3 heteroatoms. The molecular weight excluding hydrogens is 181 g/mol. The van der Waals surface area contributed by atoms with Crippen LogP contribution in [0.2, 0.25) is 0 Å². The quantitative estimate of drug-likeness (QED) is 0.524. The SMILES string of the molecule is CC(C)(C)O/N=[C]/c1ccc(F)cc1. The highest BCUT2D eigenvalue weighted by molar-refractivity contribution is 5.78. The van der Waals surface area contributed by atoms with Gasteiger partial charge in [-0.05, 0) is 45.0 Å². The van der Waals surface area contributed by atoms with Crippen LogP contribution in [0.5, 0.6) is 0 Å². The molecule has 0 aromatic heterocycles. The van der Waals surface area contributed by atoms with Gasteiger partial charge in [0.15, 0.2) is 0 Å². The molecule has 0 amide bonds. The maximum atomic E-state index is 12.5. The number of hydrogen-bond donors (Lipinski definition) is 0. The predicted molar refractivity (Wildman–Crippen MR) is 53.8 cm³/mol. The van der Waals surface area contributed by atoms with Gasteiger partial charge < -0.3 is 4.84 Å². The van der Waals surface area contributed by atoms with Gasteiger partial charge in [-0.15, -0.1) is 0 Å². The highest BCUT2D eigenvalue weighted by atomic mass is 19.1. The lowest BCUT2D eigenvalue weighted by Gasteiger charge is -2.14. The fourth-order valence-electron chi connectivity index (χ4n) is 0.737. The van der Waals surface area contributed by atoms with Crippen molar-refractivity contribution >= 4 is 6.21 Å². The van der Waals surface area contributed by atoms with Crippen molar-refractivity contribution in [3.8, 4) is 0 Å². The standard InChI is InChI=1S/C11H13FNO/c1-11(2,3)14-13-8-9-4-6-10(12)7-5-9/h4-7H,1-3H3. The van der Waals surface area contributed by atoms with E-state index in [4.69, 9.17) is 4.84 Å². The minimum absolute atomic E-state index is 0.271. The van der Waals surface area contributed by atoms with Crippen molar-refractivity contribution in [1.82, 2.24) is 0 Å². The Bertz CT molecular complexity index is 311. The van der Waals surface area contributed by atoms with Crippen molar-refractivity contribution < 1.29 is 9.23 Å². The third kappa shape index (κ3) is 4.03. The molecule has 1 aromatic rings. The zero-order valence-corrected chi connectivity index (χ0v) is 8.54. The first-order valence-electron chi connectivity index (χ1n) is 4.37. The molecule has 0 atom stereocenters. The summed E-state index contributed by atoms with van der Waals surface area (Å²) >= 11 is 0. The summed E-state index contributed by atoms with van der Waals surface area (Å²) in [4.78, 5) is 5.08. The third-order valence-corrected chi connectivity index (χ3v) is 1.34. The van der Waals surface area contributed by atoms with Crippen molar-refractivity contribution in [2.75, 3.05) is 0 Å². The van der Waals surface area contributed by atoms with Crippen LogP contribution in [0.1, 0.15) is 26.3 Å². The van der Waals surface area contributed by atoms with Crippen LogP contribution in [0.3, 0.4) is 0 Å². The van der Waals surface area contributed by atoms with Gasteiger partial charge in [-0.1, -0.05) is 5.16 Å². The summed E-state index contributed by atoms with van der Waals surface area (Å²) in [5, 5.41) is 3.67. The van der Waals surface area contributed by atoms with Gasteiger partial charge in [0.25, 0.3) is 0 Å². The topological polar surface area (TPSA) is 21.6 Å². The second-order valence-electron chi connectivity index (χ2n) is 3.91. The lowest BCUT2D eigenvalue weighted by atomic mass is 10.2. The molecule has 0 aliphatic rings. The average molecular weight is 194 g/mol.